The number of nitrogens with one attached hydrogen (secondary N) is 3. The van der Waals surface area contributed by atoms with Crippen LogP contribution in [-0.2, 0) is 20.9 Å². The Balaban J connectivity index is 1.40. The van der Waals surface area contributed by atoms with Gasteiger partial charge >= 0.3 is 11.8 Å². The molecule has 0 atom stereocenters. The summed E-state index contributed by atoms with van der Waals surface area (Å²) in [5.41, 5.74) is 5.46. The van der Waals surface area contributed by atoms with Gasteiger partial charge in [0.25, 0.3) is 5.91 Å². The molecule has 3 amide bonds. The van der Waals surface area contributed by atoms with Crippen LogP contribution in [0.5, 0.6) is 5.75 Å². The molecule has 0 bridgehead atoms. The average molecular weight is 444 g/mol. The van der Waals surface area contributed by atoms with E-state index >= 15 is 0 Å². The number of nitrogens with zero attached hydrogens (tertiary/aromatic N) is 1. The van der Waals surface area contributed by atoms with E-state index in [0.717, 1.165) is 16.8 Å². The molecule has 0 spiro atoms. The van der Waals surface area contributed by atoms with Crippen LogP contribution in [0.3, 0.4) is 0 Å². The Bertz CT molecular complexity index is 1130. The highest BCUT2D eigenvalue weighted by Crippen LogP contribution is 2.14. The monoisotopic (exact) mass is 444 g/mol. The van der Waals surface area contributed by atoms with Crippen LogP contribution in [0.25, 0.3) is 0 Å². The molecule has 8 heteroatoms. The number of carbonyl (C=O) groups is 3. The third-order valence-corrected chi connectivity index (χ3v) is 4.55. The van der Waals surface area contributed by atoms with Gasteiger partial charge in [0.05, 0.1) is 6.21 Å². The highest BCUT2D eigenvalue weighted by molar-refractivity contribution is 6.35. The number of carbonyl (C=O) groups excluding carboxylic acids is 3. The lowest BCUT2D eigenvalue weighted by Crippen LogP contribution is -2.37. The summed E-state index contributed by atoms with van der Waals surface area (Å²) in [7, 11) is 0. The number of hydrazone groups is 1. The summed E-state index contributed by atoms with van der Waals surface area (Å²) in [6, 6.07) is 23.5. The summed E-state index contributed by atoms with van der Waals surface area (Å²) in [6.45, 7) is 2.04. The Kier molecular flexibility index (Phi) is 8.30. The smallest absolute Gasteiger partial charge is 0.329 e. The van der Waals surface area contributed by atoms with E-state index in [2.05, 4.69) is 21.2 Å². The molecule has 0 aromatic heterocycles. The number of rotatable bonds is 8. The van der Waals surface area contributed by atoms with Crippen LogP contribution in [-0.4, -0.2) is 30.5 Å². The highest BCUT2D eigenvalue weighted by atomic mass is 16.5. The lowest BCUT2D eigenvalue weighted by atomic mass is 10.2. The van der Waals surface area contributed by atoms with Crippen molar-refractivity contribution in [2.24, 2.45) is 5.10 Å². The first kappa shape index (κ1) is 23.2. The molecule has 3 aromatic rings. The molecule has 8 nitrogen and oxygen atoms in total. The average Bonchev–Trinajstić information content (AvgIpc) is 2.84. The first-order valence-electron chi connectivity index (χ1n) is 10.2. The molecule has 0 aliphatic heterocycles. The van der Waals surface area contributed by atoms with Crippen molar-refractivity contribution in [3.63, 3.8) is 0 Å². The Morgan fingerprint density at radius 3 is 2.30 bits per heavy atom. The number of hydrogen-bond acceptors (Lipinski definition) is 5. The molecular weight excluding hydrogens is 420 g/mol. The number of anilines is 1. The predicted octanol–water partition coefficient (Wildman–Crippen LogP) is 2.78. The molecule has 0 saturated carbocycles. The topological polar surface area (TPSA) is 109 Å². The van der Waals surface area contributed by atoms with Crippen LogP contribution in [0.4, 0.5) is 5.69 Å². The van der Waals surface area contributed by atoms with Crippen molar-refractivity contribution in [3.05, 3.63) is 95.6 Å². The van der Waals surface area contributed by atoms with Crippen molar-refractivity contribution in [2.45, 2.75) is 13.5 Å². The van der Waals surface area contributed by atoms with Crippen molar-refractivity contribution in [1.82, 2.24) is 10.7 Å². The molecule has 3 aromatic carbocycles. The van der Waals surface area contributed by atoms with E-state index in [1.54, 1.807) is 24.3 Å². The highest BCUT2D eigenvalue weighted by Gasteiger charge is 2.11. The van der Waals surface area contributed by atoms with Gasteiger partial charge in [-0.15, -0.1) is 0 Å². The molecule has 0 fully saturated rings. The van der Waals surface area contributed by atoms with E-state index < -0.39 is 11.8 Å². The summed E-state index contributed by atoms with van der Waals surface area (Å²) >= 11 is 0. The lowest BCUT2D eigenvalue weighted by molar-refractivity contribution is -0.139. The van der Waals surface area contributed by atoms with Gasteiger partial charge in [0.1, 0.15) is 5.75 Å². The Morgan fingerprint density at radius 1 is 0.879 bits per heavy atom. The summed E-state index contributed by atoms with van der Waals surface area (Å²) in [5.74, 6) is -1.38. The molecule has 0 aliphatic carbocycles. The summed E-state index contributed by atoms with van der Waals surface area (Å²) < 4.78 is 5.49. The van der Waals surface area contributed by atoms with Gasteiger partial charge in [-0.2, -0.15) is 5.10 Å². The van der Waals surface area contributed by atoms with Crippen LogP contribution >= 0.6 is 0 Å². The zero-order valence-electron chi connectivity index (χ0n) is 18.1. The molecular formula is C25H24N4O4. The SMILES string of the molecule is Cc1ccccc1NC(=O)COc1ccc(/C=N\NC(=O)C(=O)NCc2ccccc2)cc1. The molecule has 0 aliphatic rings. The van der Waals surface area contributed by atoms with E-state index in [1.807, 2.05) is 61.5 Å². The van der Waals surface area contributed by atoms with Crippen LogP contribution in [0.1, 0.15) is 16.7 Å². The minimum Gasteiger partial charge on any atom is -0.484 e. The normalized spacial score (nSPS) is 10.5. The number of hydrogen-bond donors (Lipinski definition) is 3. The fraction of sp³-hybridized carbons (Fsp3) is 0.120. The minimum absolute atomic E-state index is 0.129. The van der Waals surface area contributed by atoms with Gasteiger partial charge < -0.3 is 15.4 Å². The van der Waals surface area contributed by atoms with Crippen LogP contribution in [0.15, 0.2) is 84.0 Å². The van der Waals surface area contributed by atoms with Gasteiger partial charge in [-0.1, -0.05) is 48.5 Å². The van der Waals surface area contributed by atoms with Crippen LogP contribution in [0, 0.1) is 6.92 Å². The van der Waals surface area contributed by atoms with Crippen molar-refractivity contribution < 1.29 is 19.1 Å². The molecule has 33 heavy (non-hydrogen) atoms. The van der Waals surface area contributed by atoms with E-state index in [0.29, 0.717) is 11.3 Å². The zero-order chi connectivity index (χ0) is 23.5. The standard InChI is InChI=1S/C25H24N4O4/c1-18-7-5-6-10-22(18)28-23(30)17-33-21-13-11-20(12-14-21)16-27-29-25(32)24(31)26-15-19-8-3-2-4-9-19/h2-14,16H,15,17H2,1H3,(H,26,31)(H,28,30)(H,29,32)/b27-16-. The molecule has 3 N–H and O–H groups in total. The van der Waals surface area contributed by atoms with Crippen LogP contribution in [0.2, 0.25) is 0 Å². The zero-order valence-corrected chi connectivity index (χ0v) is 18.1. The van der Waals surface area contributed by atoms with Crippen molar-refractivity contribution in [2.75, 3.05) is 11.9 Å². The fourth-order valence-corrected chi connectivity index (χ4v) is 2.77. The first-order chi connectivity index (χ1) is 16.0. The molecule has 3 rings (SSSR count). The lowest BCUT2D eigenvalue weighted by Gasteiger charge is -2.09. The van der Waals surface area contributed by atoms with E-state index in [4.69, 9.17) is 4.74 Å². The quantitative estimate of drug-likeness (QED) is 0.282. The number of ether oxygens (including phenoxy) is 1. The maximum atomic E-state index is 12.1. The van der Waals surface area contributed by atoms with Gasteiger partial charge in [0, 0.05) is 12.2 Å². The Labute approximate surface area is 191 Å². The summed E-state index contributed by atoms with van der Waals surface area (Å²) in [5, 5.41) is 9.11. The second-order valence-corrected chi connectivity index (χ2v) is 7.09. The molecule has 168 valence electrons. The first-order valence-corrected chi connectivity index (χ1v) is 10.2. The van der Waals surface area contributed by atoms with E-state index in [-0.39, 0.29) is 19.1 Å². The molecule has 0 radical (unpaired) electrons. The number of aryl methyl sites for hydroxylation is 1. The van der Waals surface area contributed by atoms with Gasteiger partial charge in [0.2, 0.25) is 0 Å². The molecule has 0 saturated heterocycles. The van der Waals surface area contributed by atoms with Crippen LogP contribution < -0.4 is 20.8 Å². The number of benzene rings is 3. The van der Waals surface area contributed by atoms with E-state index in [1.165, 1.54) is 6.21 Å². The minimum atomic E-state index is -0.859. The number of amides is 3. The van der Waals surface area contributed by atoms with Crippen molar-refractivity contribution >= 4 is 29.6 Å². The third kappa shape index (κ3) is 7.62. The Morgan fingerprint density at radius 2 is 1.58 bits per heavy atom. The fourth-order valence-electron chi connectivity index (χ4n) is 2.77. The van der Waals surface area contributed by atoms with E-state index in [9.17, 15) is 14.4 Å². The molecule has 0 heterocycles. The Hall–Kier alpha value is -4.46. The van der Waals surface area contributed by atoms with Gasteiger partial charge in [-0.25, -0.2) is 5.43 Å². The van der Waals surface area contributed by atoms with Crippen molar-refractivity contribution in [3.8, 4) is 5.75 Å². The maximum Gasteiger partial charge on any atom is 0.329 e. The summed E-state index contributed by atoms with van der Waals surface area (Å²) in [4.78, 5) is 35.7. The molecule has 0 unspecified atom stereocenters. The van der Waals surface area contributed by atoms with Gasteiger partial charge in [0.15, 0.2) is 6.61 Å². The van der Waals surface area contributed by atoms with Crippen molar-refractivity contribution in [1.29, 1.82) is 0 Å². The van der Waals surface area contributed by atoms with Gasteiger partial charge in [-0.3, -0.25) is 14.4 Å². The largest absolute Gasteiger partial charge is 0.484 e. The third-order valence-electron chi connectivity index (χ3n) is 4.55. The second kappa shape index (κ2) is 11.8. The number of para-hydroxylation sites is 1. The predicted molar refractivity (Wildman–Crippen MR) is 126 cm³/mol. The summed E-state index contributed by atoms with van der Waals surface area (Å²) in [6.07, 6.45) is 1.40. The van der Waals surface area contributed by atoms with Gasteiger partial charge in [-0.05, 0) is 53.9 Å². The second-order valence-electron chi connectivity index (χ2n) is 7.09. The maximum absolute atomic E-state index is 12.1.